The third kappa shape index (κ3) is 6.56. The molecular weight excluding hydrogens is 428 g/mol. The van der Waals surface area contributed by atoms with E-state index in [1.54, 1.807) is 0 Å². The second kappa shape index (κ2) is 11.1. The Morgan fingerprint density at radius 1 is 1.00 bits per heavy atom. The Balaban J connectivity index is 1.22. The molecule has 0 unspecified atom stereocenters. The molecule has 0 amide bonds. The fourth-order valence-electron chi connectivity index (χ4n) is 4.88. The number of nitrogens with zero attached hydrogens (tertiary/aromatic N) is 3. The molecule has 0 atom stereocenters. The molecule has 2 aromatic rings. The summed E-state index contributed by atoms with van der Waals surface area (Å²) in [7, 11) is 4.16. The summed E-state index contributed by atoms with van der Waals surface area (Å²) in [5.74, 6) is 1.88. The van der Waals surface area contributed by atoms with Crippen LogP contribution in [0.3, 0.4) is 0 Å². The molecule has 0 saturated heterocycles. The summed E-state index contributed by atoms with van der Waals surface area (Å²) in [5, 5.41) is 11.3. The molecule has 7 heteroatoms. The first-order chi connectivity index (χ1) is 16.0. The molecule has 0 bridgehead atoms. The topological polar surface area (TPSA) is 65.1 Å². The van der Waals surface area contributed by atoms with Crippen LogP contribution in [0, 0.1) is 6.92 Å². The van der Waals surface area contributed by atoms with Gasteiger partial charge in [0.05, 0.1) is 5.69 Å². The van der Waals surface area contributed by atoms with Crippen molar-refractivity contribution in [2.45, 2.75) is 76.8 Å². The maximum absolute atomic E-state index is 5.54. The molecule has 2 aliphatic rings. The standard InChI is InChI=1S/C26H38N6S/c1-18-8-10-19(11-9-18)16-17-27-26(33)29-21-14-12-20(13-15-21)28-25-30-23-7-5-4-6-22(23)24(31-25)32(2)3/h8-11,20-21H,4-7,12-17H2,1-3H3,(H2,27,29,33)(H,28,30,31). The van der Waals surface area contributed by atoms with Crippen molar-refractivity contribution >= 4 is 29.1 Å². The first kappa shape index (κ1) is 23.7. The zero-order valence-electron chi connectivity index (χ0n) is 20.3. The minimum absolute atomic E-state index is 0.419. The quantitative estimate of drug-likeness (QED) is 0.530. The second-order valence-corrected chi connectivity index (χ2v) is 10.1. The van der Waals surface area contributed by atoms with Crippen molar-refractivity contribution in [2.24, 2.45) is 0 Å². The molecule has 1 aromatic heterocycles. The number of hydrogen-bond acceptors (Lipinski definition) is 5. The summed E-state index contributed by atoms with van der Waals surface area (Å²) in [5.41, 5.74) is 5.21. The van der Waals surface area contributed by atoms with E-state index in [4.69, 9.17) is 22.2 Å². The lowest BCUT2D eigenvalue weighted by atomic mass is 9.91. The van der Waals surface area contributed by atoms with E-state index in [-0.39, 0.29) is 0 Å². The highest BCUT2D eigenvalue weighted by Gasteiger charge is 2.24. The zero-order valence-corrected chi connectivity index (χ0v) is 21.1. The molecule has 0 radical (unpaired) electrons. The average molecular weight is 467 g/mol. The van der Waals surface area contributed by atoms with E-state index in [1.165, 1.54) is 35.2 Å². The van der Waals surface area contributed by atoms with E-state index < -0.39 is 0 Å². The fraction of sp³-hybridized carbons (Fsp3) is 0.577. The van der Waals surface area contributed by atoms with Crippen molar-refractivity contribution in [3.05, 3.63) is 46.6 Å². The Morgan fingerprint density at radius 3 is 2.42 bits per heavy atom. The third-order valence-corrected chi connectivity index (χ3v) is 7.06. The average Bonchev–Trinajstić information content (AvgIpc) is 2.81. The predicted molar refractivity (Wildman–Crippen MR) is 141 cm³/mol. The number of rotatable bonds is 7. The first-order valence-corrected chi connectivity index (χ1v) is 12.8. The van der Waals surface area contributed by atoms with Crippen molar-refractivity contribution in [3.63, 3.8) is 0 Å². The fourth-order valence-corrected chi connectivity index (χ4v) is 5.15. The number of aromatic nitrogens is 2. The number of fused-ring (bicyclic) bond motifs is 1. The summed E-state index contributed by atoms with van der Waals surface area (Å²) >= 11 is 5.54. The number of hydrogen-bond donors (Lipinski definition) is 3. The maximum Gasteiger partial charge on any atom is 0.225 e. The molecule has 1 heterocycles. The molecule has 3 N–H and O–H groups in total. The maximum atomic E-state index is 5.54. The van der Waals surface area contributed by atoms with Crippen molar-refractivity contribution in [1.29, 1.82) is 0 Å². The van der Waals surface area contributed by atoms with E-state index in [9.17, 15) is 0 Å². The highest BCUT2D eigenvalue weighted by atomic mass is 32.1. The van der Waals surface area contributed by atoms with Crippen LogP contribution in [0.5, 0.6) is 0 Å². The first-order valence-electron chi connectivity index (χ1n) is 12.4. The monoisotopic (exact) mass is 466 g/mol. The van der Waals surface area contributed by atoms with Crippen LogP contribution >= 0.6 is 12.2 Å². The molecule has 0 aliphatic heterocycles. The molecule has 178 valence electrons. The molecule has 1 aromatic carbocycles. The molecule has 4 rings (SSSR count). The summed E-state index contributed by atoms with van der Waals surface area (Å²) in [4.78, 5) is 11.9. The van der Waals surface area contributed by atoms with Gasteiger partial charge < -0.3 is 20.9 Å². The highest BCUT2D eigenvalue weighted by Crippen LogP contribution is 2.29. The van der Waals surface area contributed by atoms with E-state index in [2.05, 4.69) is 66.1 Å². The Hall–Kier alpha value is -2.41. The van der Waals surface area contributed by atoms with Gasteiger partial charge in [0.1, 0.15) is 5.82 Å². The number of thiocarbonyl (C=S) groups is 1. The minimum atomic E-state index is 0.419. The molecule has 1 fully saturated rings. The molecule has 33 heavy (non-hydrogen) atoms. The van der Waals surface area contributed by atoms with Crippen LogP contribution in [0.4, 0.5) is 11.8 Å². The lowest BCUT2D eigenvalue weighted by Crippen LogP contribution is -2.45. The molecule has 1 saturated carbocycles. The van der Waals surface area contributed by atoms with Gasteiger partial charge in [-0.1, -0.05) is 29.8 Å². The largest absolute Gasteiger partial charge is 0.362 e. The summed E-state index contributed by atoms with van der Waals surface area (Å²) in [6, 6.07) is 9.56. The van der Waals surface area contributed by atoms with Gasteiger partial charge in [-0.3, -0.25) is 0 Å². The smallest absolute Gasteiger partial charge is 0.225 e. The SMILES string of the molecule is Cc1ccc(CCNC(=S)NC2CCC(Nc3nc4c(c(N(C)C)n3)CCCC4)CC2)cc1. The summed E-state index contributed by atoms with van der Waals surface area (Å²) < 4.78 is 0. The van der Waals surface area contributed by atoms with Gasteiger partial charge in [0, 0.05) is 38.3 Å². The van der Waals surface area contributed by atoms with Gasteiger partial charge in [0.15, 0.2) is 5.11 Å². The molecular formula is C26H38N6S. The van der Waals surface area contributed by atoms with Crippen LogP contribution in [0.15, 0.2) is 24.3 Å². The minimum Gasteiger partial charge on any atom is -0.362 e. The normalized spacial score (nSPS) is 20.0. The van der Waals surface area contributed by atoms with Gasteiger partial charge in [-0.25, -0.2) is 4.98 Å². The van der Waals surface area contributed by atoms with Crippen molar-refractivity contribution in [1.82, 2.24) is 20.6 Å². The molecule has 2 aliphatic carbocycles. The van der Waals surface area contributed by atoms with Gasteiger partial charge in [0.2, 0.25) is 5.95 Å². The van der Waals surface area contributed by atoms with Gasteiger partial charge in [0.25, 0.3) is 0 Å². The van der Waals surface area contributed by atoms with Crippen molar-refractivity contribution in [2.75, 3.05) is 30.9 Å². The second-order valence-electron chi connectivity index (χ2n) is 9.73. The van der Waals surface area contributed by atoms with Crippen LogP contribution in [-0.2, 0) is 19.3 Å². The third-order valence-electron chi connectivity index (χ3n) is 6.80. The van der Waals surface area contributed by atoms with Gasteiger partial charge in [-0.15, -0.1) is 0 Å². The Kier molecular flexibility index (Phi) is 8.02. The molecule has 6 nitrogen and oxygen atoms in total. The summed E-state index contributed by atoms with van der Waals surface area (Å²) in [6.07, 6.45) is 10.0. The number of aryl methyl sites for hydroxylation is 2. The Labute approximate surface area is 204 Å². The van der Waals surface area contributed by atoms with Crippen LogP contribution in [-0.4, -0.2) is 47.8 Å². The lowest BCUT2D eigenvalue weighted by Gasteiger charge is -2.31. The number of anilines is 2. The van der Waals surface area contributed by atoms with Crippen LogP contribution in [0.1, 0.15) is 60.9 Å². The highest BCUT2D eigenvalue weighted by molar-refractivity contribution is 7.80. The van der Waals surface area contributed by atoms with E-state index in [0.29, 0.717) is 12.1 Å². The van der Waals surface area contributed by atoms with Crippen LogP contribution in [0.2, 0.25) is 0 Å². The van der Waals surface area contributed by atoms with E-state index in [1.807, 2.05) is 0 Å². The van der Waals surface area contributed by atoms with Crippen molar-refractivity contribution in [3.8, 4) is 0 Å². The van der Waals surface area contributed by atoms with Gasteiger partial charge >= 0.3 is 0 Å². The Morgan fingerprint density at radius 2 is 1.70 bits per heavy atom. The lowest BCUT2D eigenvalue weighted by molar-refractivity contribution is 0.385. The van der Waals surface area contributed by atoms with E-state index >= 15 is 0 Å². The predicted octanol–water partition coefficient (Wildman–Crippen LogP) is 4.16. The zero-order chi connectivity index (χ0) is 23.2. The summed E-state index contributed by atoms with van der Waals surface area (Å²) in [6.45, 7) is 2.97. The number of benzene rings is 1. The van der Waals surface area contributed by atoms with Gasteiger partial charge in [-0.2, -0.15) is 4.98 Å². The Bertz CT molecular complexity index is 935. The van der Waals surface area contributed by atoms with Crippen molar-refractivity contribution < 1.29 is 0 Å². The van der Waals surface area contributed by atoms with Crippen LogP contribution < -0.4 is 20.9 Å². The van der Waals surface area contributed by atoms with Gasteiger partial charge in [-0.05, 0) is 82.5 Å². The number of nitrogens with one attached hydrogen (secondary N) is 3. The van der Waals surface area contributed by atoms with Crippen LogP contribution in [0.25, 0.3) is 0 Å². The molecule has 0 spiro atoms. The van der Waals surface area contributed by atoms with E-state index in [0.717, 1.165) is 68.4 Å².